The van der Waals surface area contributed by atoms with Crippen molar-refractivity contribution in [2.75, 3.05) is 0 Å². The van der Waals surface area contributed by atoms with E-state index >= 15 is 0 Å². The first-order valence-electron chi connectivity index (χ1n) is 9.74. The van der Waals surface area contributed by atoms with Gasteiger partial charge in [0.1, 0.15) is 0 Å². The normalized spacial score (nSPS) is 18.3. The molecule has 0 saturated heterocycles. The van der Waals surface area contributed by atoms with Gasteiger partial charge in [-0.05, 0) is 42.5 Å². The molecule has 0 fully saturated rings. The summed E-state index contributed by atoms with van der Waals surface area (Å²) in [6.45, 7) is 15.2. The SMILES string of the molecule is C/C=C1/Sc2c(-c3ccc(C)cc3)cccc2C(C)(C)/C1=C/CC.CC. The molecular formula is C25H32S. The van der Waals surface area contributed by atoms with Gasteiger partial charge in [0.05, 0.1) is 0 Å². The summed E-state index contributed by atoms with van der Waals surface area (Å²) in [5, 5.41) is 0. The van der Waals surface area contributed by atoms with Crippen molar-refractivity contribution in [3.8, 4) is 11.1 Å². The van der Waals surface area contributed by atoms with E-state index in [1.807, 2.05) is 25.6 Å². The minimum absolute atomic E-state index is 0.0408. The first-order valence-corrected chi connectivity index (χ1v) is 10.6. The molecule has 2 aromatic rings. The summed E-state index contributed by atoms with van der Waals surface area (Å²) < 4.78 is 0. The fraction of sp³-hybridized carbons (Fsp3) is 0.360. The van der Waals surface area contributed by atoms with Gasteiger partial charge in [-0.3, -0.25) is 0 Å². The lowest BCUT2D eigenvalue weighted by Gasteiger charge is -2.37. The quantitative estimate of drug-likeness (QED) is 0.516. The van der Waals surface area contributed by atoms with Crippen LogP contribution in [0.2, 0.25) is 0 Å². The maximum Gasteiger partial charge on any atom is 0.0241 e. The van der Waals surface area contributed by atoms with Crippen LogP contribution in [0.3, 0.4) is 0 Å². The number of rotatable bonds is 2. The van der Waals surface area contributed by atoms with E-state index in [0.717, 1.165) is 6.42 Å². The molecule has 0 bridgehead atoms. The molecule has 0 atom stereocenters. The monoisotopic (exact) mass is 364 g/mol. The second kappa shape index (κ2) is 8.77. The number of aryl methyl sites for hydroxylation is 1. The number of thioether (sulfide) groups is 1. The third-order valence-corrected chi connectivity index (χ3v) is 6.19. The van der Waals surface area contributed by atoms with E-state index in [1.165, 1.54) is 37.6 Å². The highest BCUT2D eigenvalue weighted by Gasteiger charge is 2.35. The zero-order chi connectivity index (χ0) is 19.3. The zero-order valence-corrected chi connectivity index (χ0v) is 18.1. The molecule has 0 aliphatic carbocycles. The summed E-state index contributed by atoms with van der Waals surface area (Å²) in [5.74, 6) is 0. The summed E-state index contributed by atoms with van der Waals surface area (Å²) in [4.78, 5) is 2.81. The number of allylic oxidation sites excluding steroid dienone is 3. The molecule has 1 heteroatoms. The van der Waals surface area contributed by atoms with Crippen LogP contribution in [0.5, 0.6) is 0 Å². The van der Waals surface area contributed by atoms with Gasteiger partial charge in [-0.2, -0.15) is 0 Å². The van der Waals surface area contributed by atoms with Crippen molar-refractivity contribution in [3.05, 3.63) is 76.2 Å². The largest absolute Gasteiger partial charge is 0.0892 e. The maximum atomic E-state index is 2.39. The molecule has 0 aromatic heterocycles. The van der Waals surface area contributed by atoms with Gasteiger partial charge in [-0.1, -0.05) is 107 Å². The van der Waals surface area contributed by atoms with E-state index in [1.54, 1.807) is 0 Å². The molecule has 0 nitrogen and oxygen atoms in total. The molecule has 0 saturated carbocycles. The molecular weight excluding hydrogens is 332 g/mol. The minimum atomic E-state index is 0.0408. The molecule has 1 heterocycles. The zero-order valence-electron chi connectivity index (χ0n) is 17.3. The summed E-state index contributed by atoms with van der Waals surface area (Å²) in [6, 6.07) is 15.7. The van der Waals surface area contributed by atoms with E-state index in [9.17, 15) is 0 Å². The minimum Gasteiger partial charge on any atom is -0.0892 e. The Bertz CT molecular complexity index is 805. The molecule has 0 unspecified atom stereocenters. The molecule has 3 rings (SSSR count). The topological polar surface area (TPSA) is 0 Å². The van der Waals surface area contributed by atoms with Gasteiger partial charge < -0.3 is 0 Å². The highest BCUT2D eigenvalue weighted by Crippen LogP contribution is 2.53. The van der Waals surface area contributed by atoms with Gasteiger partial charge in [-0.25, -0.2) is 0 Å². The Morgan fingerprint density at radius 1 is 1.00 bits per heavy atom. The van der Waals surface area contributed by atoms with Crippen LogP contribution < -0.4 is 0 Å². The lowest BCUT2D eigenvalue weighted by atomic mass is 9.75. The van der Waals surface area contributed by atoms with E-state index in [-0.39, 0.29) is 5.41 Å². The molecule has 0 spiro atoms. The highest BCUT2D eigenvalue weighted by molar-refractivity contribution is 8.03. The average molecular weight is 365 g/mol. The first-order chi connectivity index (χ1) is 12.5. The second-order valence-corrected chi connectivity index (χ2v) is 8.01. The van der Waals surface area contributed by atoms with Gasteiger partial charge in [0, 0.05) is 15.2 Å². The smallest absolute Gasteiger partial charge is 0.0241 e. The van der Waals surface area contributed by atoms with Crippen molar-refractivity contribution in [1.29, 1.82) is 0 Å². The van der Waals surface area contributed by atoms with Crippen molar-refractivity contribution in [1.82, 2.24) is 0 Å². The molecule has 0 amide bonds. The summed E-state index contributed by atoms with van der Waals surface area (Å²) >= 11 is 1.93. The van der Waals surface area contributed by atoms with Crippen LogP contribution in [-0.2, 0) is 5.41 Å². The van der Waals surface area contributed by atoms with Gasteiger partial charge in [-0.15, -0.1) is 0 Å². The molecule has 1 aliphatic heterocycles. The van der Waals surface area contributed by atoms with Crippen LogP contribution in [-0.4, -0.2) is 0 Å². The van der Waals surface area contributed by atoms with Crippen LogP contribution in [0.15, 0.2) is 70.0 Å². The Labute approximate surface area is 164 Å². The van der Waals surface area contributed by atoms with Crippen molar-refractivity contribution in [2.45, 2.75) is 65.2 Å². The van der Waals surface area contributed by atoms with Crippen molar-refractivity contribution >= 4 is 11.8 Å². The average Bonchev–Trinajstić information content (AvgIpc) is 2.66. The Kier molecular flexibility index (Phi) is 6.94. The van der Waals surface area contributed by atoms with Crippen molar-refractivity contribution in [2.24, 2.45) is 0 Å². The van der Waals surface area contributed by atoms with Crippen molar-refractivity contribution in [3.63, 3.8) is 0 Å². The number of hydrogen-bond donors (Lipinski definition) is 0. The molecule has 2 aromatic carbocycles. The van der Waals surface area contributed by atoms with E-state index in [4.69, 9.17) is 0 Å². The van der Waals surface area contributed by atoms with Crippen LogP contribution >= 0.6 is 11.8 Å². The van der Waals surface area contributed by atoms with Crippen LogP contribution in [0.1, 0.15) is 59.1 Å². The van der Waals surface area contributed by atoms with Crippen LogP contribution in [0.4, 0.5) is 0 Å². The Morgan fingerprint density at radius 3 is 2.23 bits per heavy atom. The predicted octanol–water partition coefficient (Wildman–Crippen LogP) is 8.31. The third-order valence-electron chi connectivity index (χ3n) is 4.87. The Hall–Kier alpha value is -1.73. The molecule has 0 N–H and O–H groups in total. The lowest BCUT2D eigenvalue weighted by Crippen LogP contribution is -2.25. The Balaban J connectivity index is 0.00000117. The van der Waals surface area contributed by atoms with Crippen LogP contribution in [0, 0.1) is 6.92 Å². The fourth-order valence-corrected chi connectivity index (χ4v) is 5.01. The van der Waals surface area contributed by atoms with Gasteiger partial charge in [0.15, 0.2) is 0 Å². The van der Waals surface area contributed by atoms with Crippen LogP contribution in [0.25, 0.3) is 11.1 Å². The molecule has 0 radical (unpaired) electrons. The number of hydrogen-bond acceptors (Lipinski definition) is 1. The number of fused-ring (bicyclic) bond motifs is 1. The van der Waals surface area contributed by atoms with Gasteiger partial charge in [0.25, 0.3) is 0 Å². The standard InChI is InChI=1S/C23H26S.C2H6/c1-6-9-19-21(7-2)24-22-18(17-14-12-16(3)13-15-17)10-8-11-20(22)23(19,4)5;1-2/h7-15H,6H2,1-5H3;1-2H3/b19-9+,21-7+;. The van der Waals surface area contributed by atoms with E-state index in [2.05, 4.69) is 89.2 Å². The Morgan fingerprint density at radius 2 is 1.65 bits per heavy atom. The summed E-state index contributed by atoms with van der Waals surface area (Å²) in [7, 11) is 0. The predicted molar refractivity (Wildman–Crippen MR) is 119 cm³/mol. The highest BCUT2D eigenvalue weighted by atomic mass is 32.2. The van der Waals surface area contributed by atoms with Gasteiger partial charge >= 0.3 is 0 Å². The molecule has 138 valence electrons. The van der Waals surface area contributed by atoms with E-state index < -0.39 is 0 Å². The van der Waals surface area contributed by atoms with E-state index in [0.29, 0.717) is 0 Å². The third kappa shape index (κ3) is 3.83. The molecule has 26 heavy (non-hydrogen) atoms. The van der Waals surface area contributed by atoms with Crippen molar-refractivity contribution < 1.29 is 0 Å². The first kappa shape index (κ1) is 20.6. The number of benzene rings is 2. The fourth-order valence-electron chi connectivity index (χ4n) is 3.49. The summed E-state index contributed by atoms with van der Waals surface area (Å²) in [5.41, 5.74) is 6.90. The lowest BCUT2D eigenvalue weighted by molar-refractivity contribution is 0.615. The summed E-state index contributed by atoms with van der Waals surface area (Å²) in [6.07, 6.45) is 5.73. The second-order valence-electron chi connectivity index (χ2n) is 6.95. The maximum absolute atomic E-state index is 2.39. The van der Waals surface area contributed by atoms with Gasteiger partial charge in [0.2, 0.25) is 0 Å². The molecule has 1 aliphatic rings.